The predicted octanol–water partition coefficient (Wildman–Crippen LogP) is 2.93. The SMILES string of the molecule is CC(C)N(Cc1ccccc1)C(=O)CCNS(=O)(=O)c1ccc(F)cc1. The lowest BCUT2D eigenvalue weighted by Crippen LogP contribution is -2.38. The minimum atomic E-state index is -3.76. The van der Waals surface area contributed by atoms with Gasteiger partial charge in [-0.05, 0) is 43.7 Å². The highest BCUT2D eigenvalue weighted by Gasteiger charge is 2.19. The summed E-state index contributed by atoms with van der Waals surface area (Å²) in [5, 5.41) is 0. The van der Waals surface area contributed by atoms with Gasteiger partial charge in [-0.3, -0.25) is 4.79 Å². The Bertz CT molecular complexity index is 822. The zero-order valence-electron chi connectivity index (χ0n) is 14.9. The molecule has 26 heavy (non-hydrogen) atoms. The van der Waals surface area contributed by atoms with Crippen molar-refractivity contribution in [3.8, 4) is 0 Å². The number of hydrogen-bond acceptors (Lipinski definition) is 3. The highest BCUT2D eigenvalue weighted by Crippen LogP contribution is 2.11. The van der Waals surface area contributed by atoms with E-state index in [1.54, 1.807) is 4.90 Å². The molecule has 0 aliphatic heterocycles. The van der Waals surface area contributed by atoms with E-state index in [1.807, 2.05) is 44.2 Å². The molecule has 5 nitrogen and oxygen atoms in total. The molecular formula is C19H23FN2O3S. The van der Waals surface area contributed by atoms with E-state index in [9.17, 15) is 17.6 Å². The monoisotopic (exact) mass is 378 g/mol. The average molecular weight is 378 g/mol. The van der Waals surface area contributed by atoms with Crippen molar-refractivity contribution >= 4 is 15.9 Å². The summed E-state index contributed by atoms with van der Waals surface area (Å²) in [6, 6.07) is 14.2. The minimum Gasteiger partial charge on any atom is -0.336 e. The lowest BCUT2D eigenvalue weighted by molar-refractivity contribution is -0.133. The lowest BCUT2D eigenvalue weighted by Gasteiger charge is -2.27. The Morgan fingerprint density at radius 2 is 1.69 bits per heavy atom. The molecule has 0 saturated heterocycles. The number of amides is 1. The molecule has 1 N–H and O–H groups in total. The van der Waals surface area contributed by atoms with Crippen LogP contribution in [0.3, 0.4) is 0 Å². The number of nitrogens with one attached hydrogen (secondary N) is 1. The quantitative estimate of drug-likeness (QED) is 0.768. The topological polar surface area (TPSA) is 66.5 Å². The summed E-state index contributed by atoms with van der Waals surface area (Å²) in [5.41, 5.74) is 1.02. The van der Waals surface area contributed by atoms with Crippen LogP contribution in [-0.2, 0) is 21.4 Å². The van der Waals surface area contributed by atoms with E-state index in [0.717, 1.165) is 17.7 Å². The van der Waals surface area contributed by atoms with Crippen LogP contribution in [0, 0.1) is 5.82 Å². The number of benzene rings is 2. The summed E-state index contributed by atoms with van der Waals surface area (Å²) in [4.78, 5) is 14.2. The summed E-state index contributed by atoms with van der Waals surface area (Å²) in [5.74, 6) is -0.640. The maximum atomic E-state index is 12.9. The normalized spacial score (nSPS) is 11.5. The summed E-state index contributed by atoms with van der Waals surface area (Å²) < 4.78 is 39.6. The smallest absolute Gasteiger partial charge is 0.240 e. The third kappa shape index (κ3) is 5.64. The van der Waals surface area contributed by atoms with Crippen LogP contribution in [0.4, 0.5) is 4.39 Å². The number of sulfonamides is 1. The molecule has 0 radical (unpaired) electrons. The molecule has 0 spiro atoms. The fourth-order valence-electron chi connectivity index (χ4n) is 2.47. The second kappa shape index (κ2) is 8.91. The Morgan fingerprint density at radius 1 is 1.08 bits per heavy atom. The van der Waals surface area contributed by atoms with Crippen LogP contribution in [0.2, 0.25) is 0 Å². The first kappa shape index (κ1) is 20.1. The molecular weight excluding hydrogens is 355 g/mol. The third-order valence-corrected chi connectivity index (χ3v) is 5.37. The van der Waals surface area contributed by atoms with E-state index in [2.05, 4.69) is 4.72 Å². The first-order valence-corrected chi connectivity index (χ1v) is 9.86. The molecule has 0 bridgehead atoms. The van der Waals surface area contributed by atoms with Gasteiger partial charge in [-0.15, -0.1) is 0 Å². The Balaban J connectivity index is 1.94. The van der Waals surface area contributed by atoms with Gasteiger partial charge in [-0.25, -0.2) is 17.5 Å². The number of hydrogen-bond donors (Lipinski definition) is 1. The molecule has 0 saturated carbocycles. The first-order chi connectivity index (χ1) is 12.3. The van der Waals surface area contributed by atoms with Crippen LogP contribution in [-0.4, -0.2) is 31.8 Å². The number of rotatable bonds is 8. The highest BCUT2D eigenvalue weighted by atomic mass is 32.2. The summed E-state index contributed by atoms with van der Waals surface area (Å²) >= 11 is 0. The molecule has 0 atom stereocenters. The van der Waals surface area contributed by atoms with E-state index in [0.29, 0.717) is 6.54 Å². The van der Waals surface area contributed by atoms with Crippen LogP contribution < -0.4 is 4.72 Å². The Morgan fingerprint density at radius 3 is 2.27 bits per heavy atom. The number of carbonyl (C=O) groups excluding carboxylic acids is 1. The van der Waals surface area contributed by atoms with Gasteiger partial charge >= 0.3 is 0 Å². The van der Waals surface area contributed by atoms with Crippen molar-refractivity contribution < 1.29 is 17.6 Å². The molecule has 7 heteroatoms. The molecule has 2 rings (SSSR count). The summed E-state index contributed by atoms with van der Waals surface area (Å²) in [6.07, 6.45) is 0.0471. The summed E-state index contributed by atoms with van der Waals surface area (Å²) in [6.45, 7) is 4.30. The van der Waals surface area contributed by atoms with Crippen LogP contribution >= 0.6 is 0 Å². The molecule has 0 unspecified atom stereocenters. The maximum Gasteiger partial charge on any atom is 0.240 e. The van der Waals surface area contributed by atoms with Gasteiger partial charge in [0, 0.05) is 25.6 Å². The molecule has 0 aromatic heterocycles. The zero-order valence-corrected chi connectivity index (χ0v) is 15.7. The van der Waals surface area contributed by atoms with Crippen molar-refractivity contribution in [2.24, 2.45) is 0 Å². The average Bonchev–Trinajstić information content (AvgIpc) is 2.60. The molecule has 0 heterocycles. The zero-order chi connectivity index (χ0) is 19.2. The third-order valence-electron chi connectivity index (χ3n) is 3.89. The van der Waals surface area contributed by atoms with Gasteiger partial charge < -0.3 is 4.90 Å². The van der Waals surface area contributed by atoms with Gasteiger partial charge in [0.2, 0.25) is 15.9 Å². The lowest BCUT2D eigenvalue weighted by atomic mass is 10.2. The minimum absolute atomic E-state index is 0.00332. The molecule has 2 aromatic carbocycles. The van der Waals surface area contributed by atoms with Crippen molar-refractivity contribution in [3.63, 3.8) is 0 Å². The Hall–Kier alpha value is -2.25. The first-order valence-electron chi connectivity index (χ1n) is 8.38. The van der Waals surface area contributed by atoms with Gasteiger partial charge in [-0.1, -0.05) is 30.3 Å². The van der Waals surface area contributed by atoms with Crippen molar-refractivity contribution in [2.75, 3.05) is 6.54 Å². The van der Waals surface area contributed by atoms with Crippen LogP contribution in [0.15, 0.2) is 59.5 Å². The van der Waals surface area contributed by atoms with Crippen molar-refractivity contribution in [1.82, 2.24) is 9.62 Å². The van der Waals surface area contributed by atoms with Crippen molar-refractivity contribution in [1.29, 1.82) is 0 Å². The fraction of sp³-hybridized carbons (Fsp3) is 0.316. The van der Waals surface area contributed by atoms with Gasteiger partial charge in [0.05, 0.1) is 4.90 Å². The Labute approximate surface area is 153 Å². The van der Waals surface area contributed by atoms with Crippen LogP contribution in [0.1, 0.15) is 25.8 Å². The van der Waals surface area contributed by atoms with Gasteiger partial charge in [0.25, 0.3) is 0 Å². The van der Waals surface area contributed by atoms with Gasteiger partial charge in [-0.2, -0.15) is 0 Å². The second-order valence-corrected chi connectivity index (χ2v) is 7.97. The fourth-order valence-corrected chi connectivity index (χ4v) is 3.50. The molecule has 0 aliphatic rings. The Kier molecular flexibility index (Phi) is 6.88. The van der Waals surface area contributed by atoms with Crippen molar-refractivity contribution in [3.05, 3.63) is 66.0 Å². The van der Waals surface area contributed by atoms with E-state index in [-0.39, 0.29) is 29.8 Å². The van der Waals surface area contributed by atoms with E-state index >= 15 is 0 Å². The van der Waals surface area contributed by atoms with Crippen molar-refractivity contribution in [2.45, 2.75) is 37.8 Å². The number of carbonyl (C=O) groups is 1. The molecule has 0 aliphatic carbocycles. The maximum absolute atomic E-state index is 12.9. The van der Waals surface area contributed by atoms with Gasteiger partial charge in [0.1, 0.15) is 5.82 Å². The van der Waals surface area contributed by atoms with E-state index < -0.39 is 15.8 Å². The highest BCUT2D eigenvalue weighted by molar-refractivity contribution is 7.89. The predicted molar refractivity (Wildman–Crippen MR) is 98.3 cm³/mol. The molecule has 140 valence electrons. The second-order valence-electron chi connectivity index (χ2n) is 6.20. The molecule has 2 aromatic rings. The standard InChI is InChI=1S/C19H23FN2O3S/c1-15(2)22(14-16-6-4-3-5-7-16)19(23)12-13-21-26(24,25)18-10-8-17(20)9-11-18/h3-11,15,21H,12-14H2,1-2H3. The van der Waals surface area contributed by atoms with E-state index in [4.69, 9.17) is 0 Å². The van der Waals surface area contributed by atoms with Crippen LogP contribution in [0.5, 0.6) is 0 Å². The van der Waals surface area contributed by atoms with Crippen LogP contribution in [0.25, 0.3) is 0 Å². The number of halogens is 1. The largest absolute Gasteiger partial charge is 0.336 e. The molecule has 1 amide bonds. The van der Waals surface area contributed by atoms with Gasteiger partial charge in [0.15, 0.2) is 0 Å². The van der Waals surface area contributed by atoms with E-state index in [1.165, 1.54) is 12.1 Å². The summed E-state index contributed by atoms with van der Waals surface area (Å²) in [7, 11) is -3.76. The molecule has 0 fully saturated rings. The number of nitrogens with zero attached hydrogens (tertiary/aromatic N) is 1.